The van der Waals surface area contributed by atoms with Gasteiger partial charge >= 0.3 is 0 Å². The highest BCUT2D eigenvalue weighted by Crippen LogP contribution is 2.30. The van der Waals surface area contributed by atoms with Gasteiger partial charge in [0.05, 0.1) is 5.92 Å². The molecule has 2 heterocycles. The van der Waals surface area contributed by atoms with Gasteiger partial charge in [0.2, 0.25) is 5.91 Å². The third-order valence-electron chi connectivity index (χ3n) is 4.10. The van der Waals surface area contributed by atoms with Crippen molar-refractivity contribution in [2.24, 2.45) is 11.7 Å². The first-order chi connectivity index (χ1) is 10.4. The summed E-state index contributed by atoms with van der Waals surface area (Å²) in [5.41, 5.74) is 5.67. The van der Waals surface area contributed by atoms with Gasteiger partial charge in [0, 0.05) is 35.9 Å². The van der Waals surface area contributed by atoms with Crippen LogP contribution in [-0.4, -0.2) is 37.0 Å². The molecule has 1 fully saturated rings. The first kappa shape index (κ1) is 17.4. The van der Waals surface area contributed by atoms with Crippen molar-refractivity contribution in [3.05, 3.63) is 21.9 Å². The maximum absolute atomic E-state index is 12.1. The first-order valence-corrected chi connectivity index (χ1v) is 9.01. The summed E-state index contributed by atoms with van der Waals surface area (Å²) in [7, 11) is 0. The van der Waals surface area contributed by atoms with E-state index in [1.165, 1.54) is 9.75 Å². The fourth-order valence-electron chi connectivity index (χ4n) is 2.84. The van der Waals surface area contributed by atoms with Crippen LogP contribution in [0.1, 0.15) is 43.4 Å². The minimum Gasteiger partial charge on any atom is -0.355 e. The summed E-state index contributed by atoms with van der Waals surface area (Å²) in [4.78, 5) is 17.3. The third-order valence-corrected chi connectivity index (χ3v) is 5.60. The molecule has 1 aliphatic rings. The van der Waals surface area contributed by atoms with Gasteiger partial charge in [0.15, 0.2) is 0 Å². The van der Waals surface area contributed by atoms with E-state index < -0.39 is 0 Å². The lowest BCUT2D eigenvalue weighted by molar-refractivity contribution is -0.126. The van der Waals surface area contributed by atoms with E-state index >= 15 is 0 Å². The number of piperidine rings is 1. The van der Waals surface area contributed by atoms with Crippen LogP contribution in [0.3, 0.4) is 0 Å². The lowest BCUT2D eigenvalue weighted by Gasteiger charge is -2.31. The van der Waals surface area contributed by atoms with Gasteiger partial charge in [-0.25, -0.2) is 0 Å². The van der Waals surface area contributed by atoms with Gasteiger partial charge in [-0.2, -0.15) is 0 Å². The van der Waals surface area contributed by atoms with Gasteiger partial charge in [-0.1, -0.05) is 20.8 Å². The minimum atomic E-state index is 0.113. The molecule has 0 spiro atoms. The SMILES string of the molecule is CC(C)(C)c1ccc(CN2CCCC(C(=O)NCCN)C2)s1. The molecule has 5 heteroatoms. The number of hydrogen-bond acceptors (Lipinski definition) is 4. The Morgan fingerprint density at radius 3 is 2.86 bits per heavy atom. The molecule has 1 unspecified atom stereocenters. The molecule has 22 heavy (non-hydrogen) atoms. The predicted octanol–water partition coefficient (Wildman–Crippen LogP) is 2.33. The number of nitrogens with two attached hydrogens (primary N) is 1. The summed E-state index contributed by atoms with van der Waals surface area (Å²) in [6.07, 6.45) is 2.09. The molecular weight excluding hydrogens is 294 g/mol. The number of hydrogen-bond donors (Lipinski definition) is 2. The zero-order valence-electron chi connectivity index (χ0n) is 14.0. The summed E-state index contributed by atoms with van der Waals surface area (Å²) in [6, 6.07) is 4.48. The Labute approximate surface area is 138 Å². The Hall–Kier alpha value is -0.910. The third kappa shape index (κ3) is 4.80. The second-order valence-electron chi connectivity index (χ2n) is 7.17. The van der Waals surface area contributed by atoms with Crippen molar-refractivity contribution in [3.63, 3.8) is 0 Å². The van der Waals surface area contributed by atoms with Crippen molar-refractivity contribution in [2.75, 3.05) is 26.2 Å². The number of carbonyl (C=O) groups excluding carboxylic acids is 1. The van der Waals surface area contributed by atoms with Crippen LogP contribution in [0.5, 0.6) is 0 Å². The molecule has 1 atom stereocenters. The second-order valence-corrected chi connectivity index (χ2v) is 8.34. The standard InChI is InChI=1S/C17H29N3OS/c1-17(2,3)15-7-6-14(22-15)12-20-10-4-5-13(11-20)16(21)19-9-8-18/h6-7,13H,4-5,8-12,18H2,1-3H3,(H,19,21). The van der Waals surface area contributed by atoms with E-state index in [9.17, 15) is 4.79 Å². The maximum Gasteiger partial charge on any atom is 0.224 e. The van der Waals surface area contributed by atoms with E-state index in [4.69, 9.17) is 5.73 Å². The Kier molecular flexibility index (Phi) is 6.01. The molecule has 1 saturated heterocycles. The lowest BCUT2D eigenvalue weighted by atomic mass is 9.95. The fourth-order valence-corrected chi connectivity index (χ4v) is 3.95. The van der Waals surface area contributed by atoms with Crippen molar-refractivity contribution >= 4 is 17.2 Å². The number of likely N-dealkylation sites (tertiary alicyclic amines) is 1. The molecule has 1 aromatic heterocycles. The van der Waals surface area contributed by atoms with Crippen molar-refractivity contribution in [2.45, 2.75) is 45.6 Å². The Bertz CT molecular complexity index is 492. The monoisotopic (exact) mass is 323 g/mol. The number of nitrogens with zero attached hydrogens (tertiary/aromatic N) is 1. The quantitative estimate of drug-likeness (QED) is 0.874. The fraction of sp³-hybridized carbons (Fsp3) is 0.706. The van der Waals surface area contributed by atoms with E-state index in [0.717, 1.165) is 32.5 Å². The largest absolute Gasteiger partial charge is 0.355 e. The van der Waals surface area contributed by atoms with Gasteiger partial charge < -0.3 is 11.1 Å². The highest BCUT2D eigenvalue weighted by Gasteiger charge is 2.26. The molecule has 0 aliphatic carbocycles. The maximum atomic E-state index is 12.1. The van der Waals surface area contributed by atoms with Crippen LogP contribution >= 0.6 is 11.3 Å². The number of rotatable bonds is 5. The summed E-state index contributed by atoms with van der Waals surface area (Å²) < 4.78 is 0. The van der Waals surface area contributed by atoms with Gasteiger partial charge in [-0.05, 0) is 36.9 Å². The van der Waals surface area contributed by atoms with E-state index in [0.29, 0.717) is 13.1 Å². The molecule has 124 valence electrons. The molecule has 4 nitrogen and oxygen atoms in total. The normalized spacial score (nSPS) is 20.1. The van der Waals surface area contributed by atoms with Crippen molar-refractivity contribution in [3.8, 4) is 0 Å². The zero-order chi connectivity index (χ0) is 16.2. The summed E-state index contributed by atoms with van der Waals surface area (Å²) in [5.74, 6) is 0.277. The van der Waals surface area contributed by atoms with E-state index in [2.05, 4.69) is 43.1 Å². The molecule has 0 saturated carbocycles. The number of thiophene rings is 1. The molecule has 0 aromatic carbocycles. The highest BCUT2D eigenvalue weighted by molar-refractivity contribution is 7.12. The van der Waals surface area contributed by atoms with Crippen molar-refractivity contribution < 1.29 is 4.79 Å². The molecule has 1 aromatic rings. The first-order valence-electron chi connectivity index (χ1n) is 8.19. The topological polar surface area (TPSA) is 58.4 Å². The van der Waals surface area contributed by atoms with Crippen LogP contribution < -0.4 is 11.1 Å². The summed E-state index contributed by atoms with van der Waals surface area (Å²) >= 11 is 1.90. The molecule has 1 amide bonds. The van der Waals surface area contributed by atoms with Crippen LogP contribution in [0.15, 0.2) is 12.1 Å². The average molecular weight is 324 g/mol. The van der Waals surface area contributed by atoms with E-state index in [1.807, 2.05) is 11.3 Å². The molecular formula is C17H29N3OS. The van der Waals surface area contributed by atoms with Gasteiger partial charge in [0.25, 0.3) is 0 Å². The van der Waals surface area contributed by atoms with Crippen molar-refractivity contribution in [1.82, 2.24) is 10.2 Å². The van der Waals surface area contributed by atoms with Gasteiger partial charge in [0.1, 0.15) is 0 Å². The summed E-state index contributed by atoms with van der Waals surface area (Å²) in [6.45, 7) is 10.7. The lowest BCUT2D eigenvalue weighted by Crippen LogP contribution is -2.43. The zero-order valence-corrected chi connectivity index (χ0v) is 14.8. The predicted molar refractivity (Wildman–Crippen MR) is 93.1 cm³/mol. The number of carbonyl (C=O) groups is 1. The Morgan fingerprint density at radius 1 is 1.45 bits per heavy atom. The van der Waals surface area contributed by atoms with Gasteiger partial charge in [-0.3, -0.25) is 9.69 Å². The average Bonchev–Trinajstić information content (AvgIpc) is 2.93. The van der Waals surface area contributed by atoms with E-state index in [-0.39, 0.29) is 17.2 Å². The molecule has 0 bridgehead atoms. The highest BCUT2D eigenvalue weighted by atomic mass is 32.1. The Balaban J connectivity index is 1.90. The van der Waals surface area contributed by atoms with Gasteiger partial charge in [-0.15, -0.1) is 11.3 Å². The molecule has 0 radical (unpaired) electrons. The van der Waals surface area contributed by atoms with Crippen LogP contribution in [0.2, 0.25) is 0 Å². The Morgan fingerprint density at radius 2 is 2.23 bits per heavy atom. The molecule has 3 N–H and O–H groups in total. The smallest absolute Gasteiger partial charge is 0.224 e. The minimum absolute atomic E-state index is 0.113. The van der Waals surface area contributed by atoms with Crippen LogP contribution in [-0.2, 0) is 16.8 Å². The molecule has 1 aliphatic heterocycles. The molecule has 2 rings (SSSR count). The van der Waals surface area contributed by atoms with Crippen LogP contribution in [0, 0.1) is 5.92 Å². The van der Waals surface area contributed by atoms with Crippen molar-refractivity contribution in [1.29, 1.82) is 0 Å². The van der Waals surface area contributed by atoms with Crippen LogP contribution in [0.25, 0.3) is 0 Å². The second kappa shape index (κ2) is 7.57. The van der Waals surface area contributed by atoms with E-state index in [1.54, 1.807) is 0 Å². The number of amides is 1. The van der Waals surface area contributed by atoms with Crippen LogP contribution in [0.4, 0.5) is 0 Å². The summed E-state index contributed by atoms with van der Waals surface area (Å²) in [5, 5.41) is 2.92. The number of nitrogens with one attached hydrogen (secondary N) is 1.